The van der Waals surface area contributed by atoms with Gasteiger partial charge in [-0.1, -0.05) is 27.2 Å². The second-order valence-corrected chi connectivity index (χ2v) is 4.89. The number of nitrogens with zero attached hydrogens (tertiary/aromatic N) is 2. The first-order valence-electron chi connectivity index (χ1n) is 6.38. The summed E-state index contributed by atoms with van der Waals surface area (Å²) in [7, 11) is 1.74. The third-order valence-electron chi connectivity index (χ3n) is 3.13. The fourth-order valence-electron chi connectivity index (χ4n) is 2.05. The maximum atomic E-state index is 6.21. The second kappa shape index (κ2) is 6.77. The number of methoxy groups -OCH3 is 1. The van der Waals surface area contributed by atoms with Gasteiger partial charge in [-0.2, -0.15) is 0 Å². The van der Waals surface area contributed by atoms with Crippen LogP contribution in [0.25, 0.3) is 0 Å². The van der Waals surface area contributed by atoms with Crippen LogP contribution >= 0.6 is 0 Å². The Kier molecular flexibility index (Phi) is 5.65. The Morgan fingerprint density at radius 3 is 2.71 bits per heavy atom. The van der Waals surface area contributed by atoms with E-state index in [0.29, 0.717) is 18.6 Å². The topological polar surface area (TPSA) is 53.1 Å². The highest BCUT2D eigenvalue weighted by Gasteiger charge is 2.19. The molecule has 0 aliphatic carbocycles. The van der Waals surface area contributed by atoms with Crippen LogP contribution in [0.2, 0.25) is 0 Å². The van der Waals surface area contributed by atoms with Gasteiger partial charge in [0.25, 0.3) is 0 Å². The fraction of sp³-hybridized carbons (Fsp3) is 0.769. The van der Waals surface area contributed by atoms with Gasteiger partial charge in [0.15, 0.2) is 0 Å². The van der Waals surface area contributed by atoms with Crippen molar-refractivity contribution in [2.45, 2.75) is 45.7 Å². The van der Waals surface area contributed by atoms with Crippen LogP contribution in [-0.4, -0.2) is 23.3 Å². The molecule has 0 saturated carbocycles. The van der Waals surface area contributed by atoms with Crippen LogP contribution in [-0.2, 0) is 4.74 Å². The third kappa shape index (κ3) is 3.54. The van der Waals surface area contributed by atoms with Gasteiger partial charge in [-0.25, -0.2) is 4.98 Å². The Bertz CT molecular complexity index is 316. The maximum Gasteiger partial charge on any atom is 0.0952 e. The fourth-order valence-corrected chi connectivity index (χ4v) is 2.05. The lowest BCUT2D eigenvalue weighted by Gasteiger charge is -2.24. The lowest BCUT2D eigenvalue weighted by atomic mass is 10.0. The number of nitrogens with two attached hydrogens (primary N) is 1. The van der Waals surface area contributed by atoms with Crippen LogP contribution in [0.3, 0.4) is 0 Å². The van der Waals surface area contributed by atoms with E-state index in [1.165, 1.54) is 0 Å². The molecule has 2 atom stereocenters. The van der Waals surface area contributed by atoms with E-state index in [-0.39, 0.29) is 6.04 Å². The molecule has 1 aromatic rings. The largest absolute Gasteiger partial charge is 0.383 e. The number of hydrogen-bond donors (Lipinski definition) is 1. The molecular formula is C13H25N3O. The zero-order valence-corrected chi connectivity index (χ0v) is 11.4. The van der Waals surface area contributed by atoms with Crippen molar-refractivity contribution in [3.8, 4) is 0 Å². The standard InChI is InChI=1S/C13H25N3O/c1-5-6-11(8-17-4)16-9-15-7-12(16)13(14)10(2)3/h7,9-11,13H,5-6,8,14H2,1-4H3. The maximum absolute atomic E-state index is 6.21. The number of hydrogen-bond acceptors (Lipinski definition) is 3. The van der Waals surface area contributed by atoms with Gasteiger partial charge in [-0.15, -0.1) is 0 Å². The molecule has 2 N–H and O–H groups in total. The number of aromatic nitrogens is 2. The second-order valence-electron chi connectivity index (χ2n) is 4.89. The highest BCUT2D eigenvalue weighted by atomic mass is 16.5. The van der Waals surface area contributed by atoms with E-state index in [9.17, 15) is 0 Å². The molecule has 0 fully saturated rings. The highest BCUT2D eigenvalue weighted by Crippen LogP contribution is 2.24. The average Bonchev–Trinajstić information content (AvgIpc) is 2.76. The van der Waals surface area contributed by atoms with E-state index in [4.69, 9.17) is 10.5 Å². The molecule has 0 spiro atoms. The van der Waals surface area contributed by atoms with Gasteiger partial charge >= 0.3 is 0 Å². The molecule has 0 amide bonds. The molecule has 0 bridgehead atoms. The lowest BCUT2D eigenvalue weighted by molar-refractivity contribution is 0.148. The van der Waals surface area contributed by atoms with E-state index >= 15 is 0 Å². The Morgan fingerprint density at radius 1 is 1.47 bits per heavy atom. The summed E-state index contributed by atoms with van der Waals surface area (Å²) in [5, 5.41) is 0. The molecule has 1 heterocycles. The van der Waals surface area contributed by atoms with Crippen LogP contribution in [0.1, 0.15) is 51.4 Å². The molecule has 4 nitrogen and oxygen atoms in total. The molecule has 4 heteroatoms. The summed E-state index contributed by atoms with van der Waals surface area (Å²) in [5.41, 5.74) is 7.32. The number of rotatable bonds is 7. The van der Waals surface area contributed by atoms with Crippen molar-refractivity contribution < 1.29 is 4.74 Å². The van der Waals surface area contributed by atoms with Gasteiger partial charge in [0.2, 0.25) is 0 Å². The minimum atomic E-state index is 0.0358. The third-order valence-corrected chi connectivity index (χ3v) is 3.13. The minimum absolute atomic E-state index is 0.0358. The van der Waals surface area contributed by atoms with E-state index in [1.54, 1.807) is 7.11 Å². The van der Waals surface area contributed by atoms with Crippen molar-refractivity contribution in [1.82, 2.24) is 9.55 Å². The summed E-state index contributed by atoms with van der Waals surface area (Å²) >= 11 is 0. The van der Waals surface area contributed by atoms with Crippen molar-refractivity contribution in [3.63, 3.8) is 0 Å². The molecule has 0 aliphatic rings. The molecule has 0 saturated heterocycles. The molecule has 2 unspecified atom stereocenters. The summed E-state index contributed by atoms with van der Waals surface area (Å²) in [6, 6.07) is 0.376. The van der Waals surface area contributed by atoms with Crippen LogP contribution in [0.5, 0.6) is 0 Å². The van der Waals surface area contributed by atoms with E-state index < -0.39 is 0 Å². The van der Waals surface area contributed by atoms with Crippen molar-refractivity contribution in [2.75, 3.05) is 13.7 Å². The summed E-state index contributed by atoms with van der Waals surface area (Å²) in [4.78, 5) is 4.24. The highest BCUT2D eigenvalue weighted by molar-refractivity contribution is 5.07. The van der Waals surface area contributed by atoms with Gasteiger partial charge in [0.1, 0.15) is 0 Å². The number of imidazole rings is 1. The van der Waals surface area contributed by atoms with Crippen LogP contribution in [0.15, 0.2) is 12.5 Å². The van der Waals surface area contributed by atoms with Crippen molar-refractivity contribution >= 4 is 0 Å². The summed E-state index contributed by atoms with van der Waals surface area (Å²) in [6.45, 7) is 7.16. The Balaban J connectivity index is 2.91. The average molecular weight is 239 g/mol. The lowest BCUT2D eigenvalue weighted by Crippen LogP contribution is -2.24. The molecule has 0 aromatic carbocycles. The Morgan fingerprint density at radius 2 is 2.18 bits per heavy atom. The molecule has 0 aliphatic heterocycles. The first-order valence-corrected chi connectivity index (χ1v) is 6.38. The predicted molar refractivity (Wildman–Crippen MR) is 69.8 cm³/mol. The zero-order chi connectivity index (χ0) is 12.8. The molecule has 1 rings (SSSR count). The quantitative estimate of drug-likeness (QED) is 0.795. The van der Waals surface area contributed by atoms with Crippen LogP contribution in [0, 0.1) is 5.92 Å². The molecule has 98 valence electrons. The normalized spacial score (nSPS) is 15.2. The molecule has 17 heavy (non-hydrogen) atoms. The Labute approximate surface area is 104 Å². The van der Waals surface area contributed by atoms with Crippen LogP contribution < -0.4 is 5.73 Å². The van der Waals surface area contributed by atoms with Gasteiger partial charge in [-0.05, 0) is 12.3 Å². The van der Waals surface area contributed by atoms with Crippen LogP contribution in [0.4, 0.5) is 0 Å². The summed E-state index contributed by atoms with van der Waals surface area (Å²) in [6.07, 6.45) is 5.96. The first-order chi connectivity index (χ1) is 8.11. The van der Waals surface area contributed by atoms with Crippen molar-refractivity contribution in [1.29, 1.82) is 0 Å². The zero-order valence-electron chi connectivity index (χ0n) is 11.4. The van der Waals surface area contributed by atoms with E-state index in [2.05, 4.69) is 30.3 Å². The van der Waals surface area contributed by atoms with Crippen molar-refractivity contribution in [3.05, 3.63) is 18.2 Å². The summed E-state index contributed by atoms with van der Waals surface area (Å²) < 4.78 is 7.46. The van der Waals surface area contributed by atoms with Gasteiger partial charge in [0.05, 0.1) is 24.7 Å². The van der Waals surface area contributed by atoms with E-state index in [1.807, 2.05) is 12.5 Å². The smallest absolute Gasteiger partial charge is 0.0952 e. The minimum Gasteiger partial charge on any atom is -0.383 e. The monoisotopic (exact) mass is 239 g/mol. The van der Waals surface area contributed by atoms with Gasteiger partial charge < -0.3 is 15.0 Å². The Hall–Kier alpha value is -0.870. The summed E-state index contributed by atoms with van der Waals surface area (Å²) in [5.74, 6) is 0.412. The molecular weight excluding hydrogens is 214 g/mol. The SMILES string of the molecule is CCCC(COC)n1cncc1C(N)C(C)C. The van der Waals surface area contributed by atoms with Crippen molar-refractivity contribution in [2.24, 2.45) is 11.7 Å². The predicted octanol–water partition coefficient (Wildman–Crippen LogP) is 2.53. The van der Waals surface area contributed by atoms with E-state index in [0.717, 1.165) is 18.5 Å². The van der Waals surface area contributed by atoms with Gasteiger partial charge in [0, 0.05) is 19.3 Å². The molecule has 1 aromatic heterocycles. The number of ether oxygens (including phenoxy) is 1. The molecule has 0 radical (unpaired) electrons. The van der Waals surface area contributed by atoms with Gasteiger partial charge in [-0.3, -0.25) is 0 Å². The first kappa shape index (κ1) is 14.2.